The number of nitrogens with one attached hydrogen (secondary N) is 2. The molecule has 3 aromatic rings. The largest absolute Gasteiger partial charge is 0.446 e. The third kappa shape index (κ3) is 8.15. The summed E-state index contributed by atoms with van der Waals surface area (Å²) < 4.78 is 5.76. The van der Waals surface area contributed by atoms with Gasteiger partial charge in [-0.1, -0.05) is 61.0 Å². The molecule has 0 saturated carbocycles. The first-order valence-corrected chi connectivity index (χ1v) is 14.1. The van der Waals surface area contributed by atoms with Gasteiger partial charge in [0.25, 0.3) is 5.91 Å². The second-order valence-electron chi connectivity index (χ2n) is 10.0. The van der Waals surface area contributed by atoms with Gasteiger partial charge in [0.2, 0.25) is 5.91 Å². The number of likely N-dealkylation sites (N-methyl/N-ethyl adjacent to an activating group) is 1. The number of hydrogen-bond acceptors (Lipinski definition) is 6. The first-order valence-electron chi connectivity index (χ1n) is 14.1. The summed E-state index contributed by atoms with van der Waals surface area (Å²) in [7, 11) is 3.45. The molecule has 9 nitrogen and oxygen atoms in total. The van der Waals surface area contributed by atoms with Gasteiger partial charge in [0, 0.05) is 49.9 Å². The highest BCUT2D eigenvalue weighted by Gasteiger charge is 2.28. The van der Waals surface area contributed by atoms with E-state index in [1.807, 2.05) is 54.6 Å². The summed E-state index contributed by atoms with van der Waals surface area (Å²) in [5.41, 5.74) is 3.73. The highest BCUT2D eigenvalue weighted by molar-refractivity contribution is 5.97. The zero-order chi connectivity index (χ0) is 29.0. The summed E-state index contributed by atoms with van der Waals surface area (Å²) in [6, 6.07) is 24.7. The van der Waals surface area contributed by atoms with Gasteiger partial charge in [0.1, 0.15) is 6.61 Å². The Morgan fingerprint density at radius 3 is 2.39 bits per heavy atom. The number of carbonyl (C=O) groups is 3. The van der Waals surface area contributed by atoms with Crippen molar-refractivity contribution in [3.05, 3.63) is 84.4 Å². The van der Waals surface area contributed by atoms with Crippen LogP contribution in [0, 0.1) is 0 Å². The van der Waals surface area contributed by atoms with E-state index in [1.54, 1.807) is 43.4 Å². The first kappa shape index (κ1) is 29.8. The predicted octanol–water partition coefficient (Wildman–Crippen LogP) is 5.02. The Labute approximate surface area is 242 Å². The van der Waals surface area contributed by atoms with Crippen LogP contribution in [0.4, 0.5) is 16.2 Å². The maximum absolute atomic E-state index is 13.6. The maximum Gasteiger partial charge on any atom is 0.429 e. The monoisotopic (exact) mass is 557 g/mol. The molecule has 1 heterocycles. The van der Waals surface area contributed by atoms with Crippen LogP contribution in [-0.4, -0.2) is 74.7 Å². The van der Waals surface area contributed by atoms with Crippen LogP contribution in [-0.2, 0) is 9.53 Å². The molecule has 3 aromatic carbocycles. The molecule has 0 bridgehead atoms. The summed E-state index contributed by atoms with van der Waals surface area (Å²) in [6.07, 6.45) is 3.01. The molecule has 1 fully saturated rings. The minimum atomic E-state index is -0.470. The molecular weight excluding hydrogens is 518 g/mol. The van der Waals surface area contributed by atoms with Gasteiger partial charge in [-0.3, -0.25) is 9.59 Å². The van der Waals surface area contributed by atoms with Gasteiger partial charge in [0.15, 0.2) is 0 Å². The van der Waals surface area contributed by atoms with Gasteiger partial charge in [-0.05, 0) is 49.7 Å². The van der Waals surface area contributed by atoms with Crippen molar-refractivity contribution in [3.63, 3.8) is 0 Å². The maximum atomic E-state index is 13.6. The summed E-state index contributed by atoms with van der Waals surface area (Å²) in [5.74, 6) is -0.356. The quantitative estimate of drug-likeness (QED) is 0.344. The van der Waals surface area contributed by atoms with Gasteiger partial charge < -0.3 is 20.3 Å². The second kappa shape index (κ2) is 15.0. The zero-order valence-corrected chi connectivity index (χ0v) is 23.8. The topological polar surface area (TPSA) is 94.2 Å². The Kier molecular flexibility index (Phi) is 10.9. The summed E-state index contributed by atoms with van der Waals surface area (Å²) in [6.45, 7) is 2.35. The van der Waals surface area contributed by atoms with Crippen molar-refractivity contribution in [3.8, 4) is 11.1 Å². The van der Waals surface area contributed by atoms with Crippen molar-refractivity contribution in [1.82, 2.24) is 15.2 Å². The Bertz CT molecular complexity index is 1310. The predicted molar refractivity (Wildman–Crippen MR) is 162 cm³/mol. The lowest BCUT2D eigenvalue weighted by Gasteiger charge is -2.37. The van der Waals surface area contributed by atoms with E-state index >= 15 is 0 Å². The molecule has 1 aliphatic heterocycles. The van der Waals surface area contributed by atoms with Crippen molar-refractivity contribution < 1.29 is 19.1 Å². The van der Waals surface area contributed by atoms with Gasteiger partial charge >= 0.3 is 6.09 Å². The Morgan fingerprint density at radius 1 is 0.902 bits per heavy atom. The molecule has 1 saturated heterocycles. The number of hydrazine groups is 1. The van der Waals surface area contributed by atoms with Crippen LogP contribution in [0.25, 0.3) is 11.1 Å². The van der Waals surface area contributed by atoms with E-state index in [0.29, 0.717) is 24.2 Å². The minimum absolute atomic E-state index is 0.0410. The fraction of sp³-hybridized carbons (Fsp3) is 0.344. The molecule has 0 radical (unpaired) electrons. The fourth-order valence-corrected chi connectivity index (χ4v) is 4.81. The van der Waals surface area contributed by atoms with Gasteiger partial charge in [-0.15, -0.1) is 0 Å². The average molecular weight is 558 g/mol. The van der Waals surface area contributed by atoms with Crippen LogP contribution in [0.3, 0.4) is 0 Å². The standard InChI is InChI=1S/C32H39N5O4/c1-33-19-18-30(38)34-27-15-11-14-26(24-27)31(39)35(2)22-23-41-32(40)37(36-20-9-4-10-21-36)29-17-8-7-16-28(29)25-12-5-3-6-13-25/h3,5-8,11-17,24,33H,4,9-10,18-23H2,1-2H3,(H,34,38). The van der Waals surface area contributed by atoms with Gasteiger partial charge in [-0.25, -0.2) is 14.8 Å². The minimum Gasteiger partial charge on any atom is -0.446 e. The number of rotatable bonds is 11. The van der Waals surface area contributed by atoms with Crippen LogP contribution in [0.15, 0.2) is 78.9 Å². The number of benzene rings is 3. The zero-order valence-electron chi connectivity index (χ0n) is 23.8. The van der Waals surface area contributed by atoms with Crippen molar-refractivity contribution in [2.45, 2.75) is 25.7 Å². The van der Waals surface area contributed by atoms with Gasteiger partial charge in [-0.2, -0.15) is 0 Å². The lowest BCUT2D eigenvalue weighted by molar-refractivity contribution is -0.116. The average Bonchev–Trinajstić information content (AvgIpc) is 3.01. The molecule has 0 atom stereocenters. The SMILES string of the molecule is CNCCC(=O)Nc1cccc(C(=O)N(C)CCOC(=O)N(c2ccccc2-c2ccccc2)N2CCCCC2)c1. The van der Waals surface area contributed by atoms with Crippen LogP contribution in [0.2, 0.25) is 0 Å². The highest BCUT2D eigenvalue weighted by atomic mass is 16.6. The number of carbonyl (C=O) groups excluding carboxylic acids is 3. The molecule has 0 unspecified atom stereocenters. The van der Waals surface area contributed by atoms with Crippen LogP contribution in [0.5, 0.6) is 0 Å². The van der Waals surface area contributed by atoms with E-state index in [-0.39, 0.29) is 25.0 Å². The van der Waals surface area contributed by atoms with E-state index in [2.05, 4.69) is 15.6 Å². The molecule has 0 aromatic heterocycles. The lowest BCUT2D eigenvalue weighted by atomic mass is 10.0. The molecule has 41 heavy (non-hydrogen) atoms. The molecule has 9 heteroatoms. The number of piperidine rings is 1. The number of amides is 3. The molecule has 0 spiro atoms. The van der Waals surface area contributed by atoms with Crippen molar-refractivity contribution in [1.29, 1.82) is 0 Å². The van der Waals surface area contributed by atoms with Crippen LogP contribution < -0.4 is 15.6 Å². The van der Waals surface area contributed by atoms with Crippen molar-refractivity contribution in [2.75, 3.05) is 57.2 Å². The molecule has 2 N–H and O–H groups in total. The summed E-state index contributed by atoms with van der Waals surface area (Å²) >= 11 is 0. The number of nitrogens with zero attached hydrogens (tertiary/aromatic N) is 3. The van der Waals surface area contributed by atoms with Crippen molar-refractivity contribution >= 4 is 29.3 Å². The molecule has 4 rings (SSSR count). The van der Waals surface area contributed by atoms with Crippen LogP contribution >= 0.6 is 0 Å². The molecule has 3 amide bonds. The third-order valence-electron chi connectivity index (χ3n) is 7.00. The van der Waals surface area contributed by atoms with E-state index < -0.39 is 6.09 Å². The molecule has 216 valence electrons. The Hall–Kier alpha value is -4.21. The van der Waals surface area contributed by atoms with Gasteiger partial charge in [0.05, 0.1) is 12.2 Å². The van der Waals surface area contributed by atoms with E-state index in [4.69, 9.17) is 4.74 Å². The second-order valence-corrected chi connectivity index (χ2v) is 10.0. The van der Waals surface area contributed by atoms with Crippen molar-refractivity contribution in [2.24, 2.45) is 0 Å². The number of anilines is 2. The summed E-state index contributed by atoms with van der Waals surface area (Å²) in [4.78, 5) is 40.2. The smallest absolute Gasteiger partial charge is 0.429 e. The fourth-order valence-electron chi connectivity index (χ4n) is 4.81. The Morgan fingerprint density at radius 2 is 1.63 bits per heavy atom. The lowest BCUT2D eigenvalue weighted by Crippen LogP contribution is -2.50. The molecule has 1 aliphatic rings. The number of para-hydroxylation sites is 1. The first-order chi connectivity index (χ1) is 20.0. The van der Waals surface area contributed by atoms with Crippen LogP contribution in [0.1, 0.15) is 36.0 Å². The Balaban J connectivity index is 1.42. The molecule has 0 aliphatic carbocycles. The normalized spacial score (nSPS) is 13.3. The van der Waals surface area contributed by atoms with E-state index in [0.717, 1.165) is 49.2 Å². The third-order valence-corrected chi connectivity index (χ3v) is 7.00. The van der Waals surface area contributed by atoms with E-state index in [1.165, 1.54) is 4.90 Å². The number of ether oxygens (including phenoxy) is 1. The summed E-state index contributed by atoms with van der Waals surface area (Å²) in [5, 5.41) is 9.46. The molecular formula is C32H39N5O4. The van der Waals surface area contributed by atoms with E-state index in [9.17, 15) is 14.4 Å². The number of hydrogen-bond donors (Lipinski definition) is 2. The highest BCUT2D eigenvalue weighted by Crippen LogP contribution is 2.33.